The van der Waals surface area contributed by atoms with E-state index < -0.39 is 0 Å². The van der Waals surface area contributed by atoms with Gasteiger partial charge >= 0.3 is 0 Å². The van der Waals surface area contributed by atoms with Gasteiger partial charge in [-0.05, 0) is 32.0 Å². The Balaban J connectivity index is 2.70. The van der Waals surface area contributed by atoms with Crippen LogP contribution < -0.4 is 0 Å². The predicted octanol–water partition coefficient (Wildman–Crippen LogP) is 3.64. The molecular weight excluding hydrogens is 234 g/mol. The highest BCUT2D eigenvalue weighted by molar-refractivity contribution is 6.34. The van der Waals surface area contributed by atoms with Gasteiger partial charge in [0, 0.05) is 11.6 Å². The Hall–Kier alpha value is -0.860. The fraction of sp³-hybridized carbons (Fsp3) is 0.500. The van der Waals surface area contributed by atoms with Crippen molar-refractivity contribution >= 4 is 17.4 Å². The van der Waals surface area contributed by atoms with Crippen LogP contribution in [0.15, 0.2) is 24.3 Å². The molecule has 0 saturated carbocycles. The summed E-state index contributed by atoms with van der Waals surface area (Å²) in [6, 6.07) is 7.68. The monoisotopic (exact) mass is 253 g/mol. The van der Waals surface area contributed by atoms with Crippen LogP contribution in [0.25, 0.3) is 0 Å². The van der Waals surface area contributed by atoms with Gasteiger partial charge in [-0.25, -0.2) is 0 Å². The molecular formula is C14H20ClNO. The van der Waals surface area contributed by atoms with E-state index in [1.54, 1.807) is 12.1 Å². The van der Waals surface area contributed by atoms with Crippen LogP contribution in [0.5, 0.6) is 0 Å². The number of benzene rings is 1. The summed E-state index contributed by atoms with van der Waals surface area (Å²) in [5, 5.41) is 0.537. The first kappa shape index (κ1) is 14.2. The lowest BCUT2D eigenvalue weighted by Gasteiger charge is -2.25. The van der Waals surface area contributed by atoms with Crippen molar-refractivity contribution in [3.8, 4) is 0 Å². The third-order valence-electron chi connectivity index (χ3n) is 3.13. The van der Waals surface area contributed by atoms with E-state index in [0.29, 0.717) is 23.2 Å². The van der Waals surface area contributed by atoms with E-state index in [2.05, 4.69) is 18.7 Å². The van der Waals surface area contributed by atoms with Gasteiger partial charge in [-0.3, -0.25) is 9.69 Å². The van der Waals surface area contributed by atoms with E-state index in [0.717, 1.165) is 12.8 Å². The van der Waals surface area contributed by atoms with Crippen molar-refractivity contribution in [1.29, 1.82) is 0 Å². The number of carbonyl (C=O) groups excluding carboxylic acids is 1. The van der Waals surface area contributed by atoms with Crippen molar-refractivity contribution in [2.24, 2.45) is 0 Å². The number of likely N-dealkylation sites (N-methyl/N-ethyl adjacent to an activating group) is 1. The van der Waals surface area contributed by atoms with Crippen molar-refractivity contribution < 1.29 is 4.79 Å². The molecule has 0 aliphatic rings. The number of carbonyl (C=O) groups is 1. The molecule has 0 atom stereocenters. The maximum Gasteiger partial charge on any atom is 0.178 e. The predicted molar refractivity (Wildman–Crippen MR) is 72.8 cm³/mol. The van der Waals surface area contributed by atoms with Crippen LogP contribution in [-0.2, 0) is 0 Å². The molecule has 0 fully saturated rings. The summed E-state index contributed by atoms with van der Waals surface area (Å²) in [7, 11) is 1.99. The number of halogens is 1. The molecule has 0 bridgehead atoms. The van der Waals surface area contributed by atoms with Gasteiger partial charge in [0.05, 0.1) is 11.6 Å². The number of hydrogen-bond acceptors (Lipinski definition) is 2. The van der Waals surface area contributed by atoms with E-state index in [-0.39, 0.29) is 5.78 Å². The summed E-state index contributed by atoms with van der Waals surface area (Å²) in [6.45, 7) is 4.71. The van der Waals surface area contributed by atoms with Gasteiger partial charge in [0.2, 0.25) is 0 Å². The van der Waals surface area contributed by atoms with Gasteiger partial charge in [0.1, 0.15) is 0 Å². The van der Waals surface area contributed by atoms with Gasteiger partial charge < -0.3 is 0 Å². The van der Waals surface area contributed by atoms with Gasteiger partial charge in [-0.2, -0.15) is 0 Å². The second-order valence-electron chi connectivity index (χ2n) is 4.29. The lowest BCUT2D eigenvalue weighted by molar-refractivity contribution is 0.0915. The van der Waals surface area contributed by atoms with E-state index in [1.165, 1.54) is 0 Å². The summed E-state index contributed by atoms with van der Waals surface area (Å²) >= 11 is 6.01. The maximum absolute atomic E-state index is 12.1. The summed E-state index contributed by atoms with van der Waals surface area (Å²) in [5.74, 6) is 0.0880. The van der Waals surface area contributed by atoms with Crippen molar-refractivity contribution in [3.05, 3.63) is 34.9 Å². The Bertz CT molecular complexity index is 374. The molecule has 3 heteroatoms. The van der Waals surface area contributed by atoms with E-state index in [9.17, 15) is 4.79 Å². The van der Waals surface area contributed by atoms with Crippen LogP contribution in [0.3, 0.4) is 0 Å². The zero-order valence-electron chi connectivity index (χ0n) is 10.7. The minimum Gasteiger partial charge on any atom is -0.296 e. The molecule has 0 heterocycles. The quantitative estimate of drug-likeness (QED) is 0.722. The Morgan fingerprint density at radius 3 is 2.41 bits per heavy atom. The zero-order valence-corrected chi connectivity index (χ0v) is 11.5. The molecule has 17 heavy (non-hydrogen) atoms. The molecule has 0 aliphatic heterocycles. The maximum atomic E-state index is 12.1. The third-order valence-corrected chi connectivity index (χ3v) is 3.46. The standard InChI is InChI=1S/C14H20ClNO/c1-4-11(5-2)16(3)10-14(17)12-8-6-7-9-13(12)15/h6-9,11H,4-5,10H2,1-3H3. The highest BCUT2D eigenvalue weighted by atomic mass is 35.5. The molecule has 0 aromatic heterocycles. The summed E-state index contributed by atoms with van der Waals surface area (Å²) in [6.07, 6.45) is 2.12. The van der Waals surface area contributed by atoms with Crippen molar-refractivity contribution in [2.75, 3.05) is 13.6 Å². The highest BCUT2D eigenvalue weighted by Gasteiger charge is 2.16. The van der Waals surface area contributed by atoms with Crippen molar-refractivity contribution in [1.82, 2.24) is 4.90 Å². The second kappa shape index (κ2) is 6.77. The lowest BCUT2D eigenvalue weighted by Crippen LogP contribution is -2.35. The van der Waals surface area contributed by atoms with Crippen LogP contribution in [0, 0.1) is 0 Å². The Morgan fingerprint density at radius 2 is 1.88 bits per heavy atom. The molecule has 0 saturated heterocycles. The first-order valence-electron chi connectivity index (χ1n) is 6.08. The minimum absolute atomic E-state index is 0.0880. The molecule has 0 spiro atoms. The van der Waals surface area contributed by atoms with E-state index in [4.69, 9.17) is 11.6 Å². The molecule has 0 aliphatic carbocycles. The van der Waals surface area contributed by atoms with Crippen LogP contribution >= 0.6 is 11.6 Å². The van der Waals surface area contributed by atoms with Gasteiger partial charge in [-0.1, -0.05) is 37.6 Å². The van der Waals surface area contributed by atoms with E-state index >= 15 is 0 Å². The number of ketones is 1. The largest absolute Gasteiger partial charge is 0.296 e. The number of rotatable bonds is 6. The molecule has 2 nitrogen and oxygen atoms in total. The normalized spacial score (nSPS) is 11.2. The highest BCUT2D eigenvalue weighted by Crippen LogP contribution is 2.16. The average Bonchev–Trinajstić information content (AvgIpc) is 2.31. The molecule has 0 radical (unpaired) electrons. The first-order chi connectivity index (χ1) is 8.10. The van der Waals surface area contributed by atoms with Crippen LogP contribution in [-0.4, -0.2) is 30.3 Å². The minimum atomic E-state index is 0.0880. The molecule has 0 amide bonds. The fourth-order valence-electron chi connectivity index (χ4n) is 2.04. The number of Topliss-reactive ketones (excluding diaryl/α,β-unsaturated/α-hetero) is 1. The molecule has 94 valence electrons. The van der Waals surface area contributed by atoms with Crippen molar-refractivity contribution in [3.63, 3.8) is 0 Å². The number of hydrogen-bond donors (Lipinski definition) is 0. The Labute approximate surface area is 109 Å². The Kier molecular flexibility index (Phi) is 5.66. The smallest absolute Gasteiger partial charge is 0.178 e. The Morgan fingerprint density at radius 1 is 1.29 bits per heavy atom. The fourth-order valence-corrected chi connectivity index (χ4v) is 2.28. The van der Waals surface area contributed by atoms with Crippen molar-refractivity contribution in [2.45, 2.75) is 32.7 Å². The SMILES string of the molecule is CCC(CC)N(C)CC(=O)c1ccccc1Cl. The lowest BCUT2D eigenvalue weighted by atomic mass is 10.1. The van der Waals surface area contributed by atoms with Gasteiger partial charge in [-0.15, -0.1) is 0 Å². The first-order valence-corrected chi connectivity index (χ1v) is 6.45. The molecule has 1 aromatic carbocycles. The third kappa shape index (κ3) is 3.83. The zero-order chi connectivity index (χ0) is 12.8. The van der Waals surface area contributed by atoms with Gasteiger partial charge in [0.25, 0.3) is 0 Å². The van der Waals surface area contributed by atoms with Crippen LogP contribution in [0.2, 0.25) is 5.02 Å². The van der Waals surface area contributed by atoms with Crippen LogP contribution in [0.1, 0.15) is 37.0 Å². The van der Waals surface area contributed by atoms with Gasteiger partial charge in [0.15, 0.2) is 5.78 Å². The summed E-state index contributed by atoms with van der Waals surface area (Å²) in [5.41, 5.74) is 0.618. The van der Waals surface area contributed by atoms with E-state index in [1.807, 2.05) is 19.2 Å². The molecule has 1 aromatic rings. The number of nitrogens with zero attached hydrogens (tertiary/aromatic N) is 1. The molecule has 0 unspecified atom stereocenters. The topological polar surface area (TPSA) is 20.3 Å². The molecule has 1 rings (SSSR count). The van der Waals surface area contributed by atoms with Crippen LogP contribution in [0.4, 0.5) is 0 Å². The second-order valence-corrected chi connectivity index (χ2v) is 4.70. The average molecular weight is 254 g/mol. The summed E-state index contributed by atoms with van der Waals surface area (Å²) < 4.78 is 0. The molecule has 0 N–H and O–H groups in total. The summed E-state index contributed by atoms with van der Waals surface area (Å²) in [4.78, 5) is 14.2.